The Morgan fingerprint density at radius 2 is 1.33 bits per heavy atom. The molecule has 1 atom stereocenters. The molecule has 0 aromatic heterocycles. The van der Waals surface area contributed by atoms with Crippen LogP contribution in [0.25, 0.3) is 0 Å². The summed E-state index contributed by atoms with van der Waals surface area (Å²) in [6.07, 6.45) is 8.64. The number of hydrogen-bond donors (Lipinski definition) is 0. The average Bonchev–Trinajstić information content (AvgIpc) is 2.38. The molecule has 1 unspecified atom stereocenters. The Morgan fingerprint density at radius 3 is 2.00 bits per heavy atom. The molecule has 0 radical (unpaired) electrons. The van der Waals surface area contributed by atoms with Crippen LogP contribution in [0.15, 0.2) is 0 Å². The van der Waals surface area contributed by atoms with Crippen LogP contribution in [0.1, 0.15) is 65.7 Å². The van der Waals surface area contributed by atoms with Gasteiger partial charge in [-0.2, -0.15) is 0 Å². The van der Waals surface area contributed by atoms with E-state index < -0.39 is 0 Å². The fourth-order valence-corrected chi connectivity index (χ4v) is 1.67. The summed E-state index contributed by atoms with van der Waals surface area (Å²) in [5.74, 6) is 0. The van der Waals surface area contributed by atoms with E-state index in [1.807, 2.05) is 13.8 Å². The fraction of sp³-hybridized carbons (Fsp3) is 1.00. The standard InChI is InChI=1S/C14H30O4/c1-4-15-17-13-11-9-7-6-8-10-12-14(3)18-16-5-2/h14H,4-13H2,1-3H3. The lowest BCUT2D eigenvalue weighted by Gasteiger charge is -2.10. The summed E-state index contributed by atoms with van der Waals surface area (Å²) in [7, 11) is 0. The maximum absolute atomic E-state index is 5.14. The van der Waals surface area contributed by atoms with Crippen molar-refractivity contribution >= 4 is 0 Å². The predicted octanol–water partition coefficient (Wildman–Crippen LogP) is 4.04. The van der Waals surface area contributed by atoms with E-state index in [1.165, 1.54) is 32.1 Å². The van der Waals surface area contributed by atoms with Crippen LogP contribution in [0, 0.1) is 0 Å². The van der Waals surface area contributed by atoms with Crippen molar-refractivity contribution in [2.24, 2.45) is 0 Å². The van der Waals surface area contributed by atoms with Crippen LogP contribution < -0.4 is 0 Å². The number of unbranched alkanes of at least 4 members (excludes halogenated alkanes) is 5. The molecule has 0 saturated heterocycles. The third kappa shape index (κ3) is 13.9. The summed E-state index contributed by atoms with van der Waals surface area (Å²) in [5.41, 5.74) is 0. The zero-order valence-corrected chi connectivity index (χ0v) is 12.3. The molecular formula is C14H30O4. The van der Waals surface area contributed by atoms with Gasteiger partial charge in [0.1, 0.15) is 0 Å². The van der Waals surface area contributed by atoms with Crippen molar-refractivity contribution in [3.63, 3.8) is 0 Å². The minimum Gasteiger partial charge on any atom is -0.237 e. The predicted molar refractivity (Wildman–Crippen MR) is 72.1 cm³/mol. The first-order chi connectivity index (χ1) is 8.81. The first-order valence-corrected chi connectivity index (χ1v) is 7.33. The van der Waals surface area contributed by atoms with Gasteiger partial charge in [-0.1, -0.05) is 32.1 Å². The SMILES string of the molecule is CCOOCCCCCCCCC(C)OOCC. The molecular weight excluding hydrogens is 232 g/mol. The third-order valence-corrected chi connectivity index (χ3v) is 2.64. The highest BCUT2D eigenvalue weighted by Gasteiger charge is 2.02. The first kappa shape index (κ1) is 17.8. The van der Waals surface area contributed by atoms with E-state index in [2.05, 4.69) is 6.92 Å². The van der Waals surface area contributed by atoms with Crippen molar-refractivity contribution < 1.29 is 19.6 Å². The van der Waals surface area contributed by atoms with Gasteiger partial charge < -0.3 is 0 Å². The third-order valence-electron chi connectivity index (χ3n) is 2.64. The van der Waals surface area contributed by atoms with Crippen LogP contribution in [0.4, 0.5) is 0 Å². The minimum atomic E-state index is 0.213. The molecule has 0 rings (SSSR count). The highest BCUT2D eigenvalue weighted by molar-refractivity contribution is 4.50. The second-order valence-electron chi connectivity index (χ2n) is 4.45. The van der Waals surface area contributed by atoms with Gasteiger partial charge in [0.2, 0.25) is 0 Å². The molecule has 4 heteroatoms. The van der Waals surface area contributed by atoms with Crippen LogP contribution in [0.5, 0.6) is 0 Å². The summed E-state index contributed by atoms with van der Waals surface area (Å²) in [6, 6.07) is 0. The Morgan fingerprint density at radius 1 is 0.722 bits per heavy atom. The topological polar surface area (TPSA) is 36.9 Å². The zero-order valence-electron chi connectivity index (χ0n) is 12.3. The van der Waals surface area contributed by atoms with Crippen molar-refractivity contribution in [2.45, 2.75) is 71.8 Å². The van der Waals surface area contributed by atoms with E-state index in [4.69, 9.17) is 19.6 Å². The van der Waals surface area contributed by atoms with Crippen molar-refractivity contribution in [1.29, 1.82) is 0 Å². The van der Waals surface area contributed by atoms with Gasteiger partial charge >= 0.3 is 0 Å². The Kier molecular flexibility index (Phi) is 14.8. The first-order valence-electron chi connectivity index (χ1n) is 7.33. The Balaban J connectivity index is 3.02. The summed E-state index contributed by atoms with van der Waals surface area (Å²) < 4.78 is 0. The van der Waals surface area contributed by atoms with Crippen molar-refractivity contribution in [3.8, 4) is 0 Å². The second kappa shape index (κ2) is 14.9. The molecule has 0 aromatic rings. The lowest BCUT2D eigenvalue weighted by molar-refractivity contribution is -0.318. The Labute approximate surface area is 112 Å². The molecule has 0 aliphatic carbocycles. The van der Waals surface area contributed by atoms with Crippen LogP contribution in [-0.2, 0) is 19.6 Å². The molecule has 110 valence electrons. The lowest BCUT2D eigenvalue weighted by atomic mass is 10.1. The highest BCUT2D eigenvalue weighted by Crippen LogP contribution is 2.10. The number of hydrogen-bond acceptors (Lipinski definition) is 4. The van der Waals surface area contributed by atoms with Gasteiger partial charge in [-0.15, -0.1) is 0 Å². The Bertz CT molecular complexity index is 153. The van der Waals surface area contributed by atoms with Gasteiger partial charge in [0, 0.05) is 0 Å². The smallest absolute Gasteiger partial charge is 0.0901 e. The molecule has 4 nitrogen and oxygen atoms in total. The summed E-state index contributed by atoms with van der Waals surface area (Å²) >= 11 is 0. The molecule has 0 spiro atoms. The molecule has 0 aliphatic heterocycles. The lowest BCUT2D eigenvalue weighted by Crippen LogP contribution is -2.08. The normalized spacial score (nSPS) is 12.8. The van der Waals surface area contributed by atoms with E-state index >= 15 is 0 Å². The van der Waals surface area contributed by atoms with E-state index in [1.54, 1.807) is 0 Å². The van der Waals surface area contributed by atoms with E-state index in [0.717, 1.165) is 12.8 Å². The van der Waals surface area contributed by atoms with Gasteiger partial charge in [0.15, 0.2) is 0 Å². The zero-order chi connectivity index (χ0) is 13.5. The van der Waals surface area contributed by atoms with Crippen LogP contribution in [0.2, 0.25) is 0 Å². The molecule has 0 saturated carbocycles. The van der Waals surface area contributed by atoms with Gasteiger partial charge in [0.05, 0.1) is 25.9 Å². The molecule has 18 heavy (non-hydrogen) atoms. The summed E-state index contributed by atoms with van der Waals surface area (Å²) in [6.45, 7) is 7.88. The molecule has 0 aromatic carbocycles. The molecule has 0 aliphatic rings. The molecule has 0 N–H and O–H groups in total. The fourth-order valence-electron chi connectivity index (χ4n) is 1.67. The van der Waals surface area contributed by atoms with Gasteiger partial charge in [0.25, 0.3) is 0 Å². The quantitative estimate of drug-likeness (QED) is 0.269. The van der Waals surface area contributed by atoms with Crippen molar-refractivity contribution in [2.75, 3.05) is 19.8 Å². The van der Waals surface area contributed by atoms with Crippen molar-refractivity contribution in [3.05, 3.63) is 0 Å². The molecule has 0 bridgehead atoms. The van der Waals surface area contributed by atoms with Crippen LogP contribution in [-0.4, -0.2) is 25.9 Å². The largest absolute Gasteiger partial charge is 0.237 e. The highest BCUT2D eigenvalue weighted by atomic mass is 17.2. The van der Waals surface area contributed by atoms with E-state index in [-0.39, 0.29) is 6.10 Å². The number of rotatable bonds is 14. The van der Waals surface area contributed by atoms with Gasteiger partial charge in [-0.05, 0) is 33.6 Å². The molecule has 0 amide bonds. The molecule has 0 fully saturated rings. The monoisotopic (exact) mass is 262 g/mol. The average molecular weight is 262 g/mol. The van der Waals surface area contributed by atoms with Crippen molar-refractivity contribution in [1.82, 2.24) is 0 Å². The summed E-state index contributed by atoms with van der Waals surface area (Å²) in [4.78, 5) is 19.8. The van der Waals surface area contributed by atoms with Gasteiger partial charge in [-0.3, -0.25) is 0 Å². The maximum Gasteiger partial charge on any atom is 0.0901 e. The minimum absolute atomic E-state index is 0.213. The summed E-state index contributed by atoms with van der Waals surface area (Å²) in [5, 5.41) is 0. The second-order valence-corrected chi connectivity index (χ2v) is 4.45. The van der Waals surface area contributed by atoms with Crippen LogP contribution >= 0.6 is 0 Å². The van der Waals surface area contributed by atoms with Gasteiger partial charge in [-0.25, -0.2) is 19.6 Å². The van der Waals surface area contributed by atoms with E-state index in [0.29, 0.717) is 19.8 Å². The van der Waals surface area contributed by atoms with E-state index in [9.17, 15) is 0 Å². The Hall–Kier alpha value is -0.160. The maximum atomic E-state index is 5.14. The van der Waals surface area contributed by atoms with Crippen LogP contribution in [0.3, 0.4) is 0 Å². The molecule has 0 heterocycles.